The quantitative estimate of drug-likeness (QED) is 0.591. The third kappa shape index (κ3) is 4.53. The lowest BCUT2D eigenvalue weighted by molar-refractivity contribution is -0.143. The van der Waals surface area contributed by atoms with Gasteiger partial charge in [0.05, 0.1) is 12.3 Å². The van der Waals surface area contributed by atoms with Crippen molar-refractivity contribution in [2.24, 2.45) is 4.99 Å². The molecule has 0 N–H and O–H groups in total. The lowest BCUT2D eigenvalue weighted by Crippen LogP contribution is -2.17. The number of halogens is 1. The van der Waals surface area contributed by atoms with E-state index >= 15 is 0 Å². The summed E-state index contributed by atoms with van der Waals surface area (Å²) in [6, 6.07) is 17.1. The largest absolute Gasteiger partial charge is 0.465 e. The Morgan fingerprint density at radius 3 is 2.48 bits per heavy atom. The number of carbonyl (C=O) groups excluding carboxylic acids is 1. The number of rotatable bonds is 5. The van der Waals surface area contributed by atoms with Crippen molar-refractivity contribution in [1.82, 2.24) is 0 Å². The van der Waals surface area contributed by atoms with E-state index in [1.54, 1.807) is 13.1 Å². The van der Waals surface area contributed by atoms with Gasteiger partial charge in [0.25, 0.3) is 0 Å². The third-order valence-corrected chi connectivity index (χ3v) is 3.43. The minimum absolute atomic E-state index is 0.287. The third-order valence-electron chi connectivity index (χ3n) is 2.90. The smallest absolute Gasteiger partial charge is 0.318 e. The minimum Gasteiger partial charge on any atom is -0.465 e. The monoisotopic (exact) mass is 345 g/mol. The fourth-order valence-electron chi connectivity index (χ4n) is 1.86. The van der Waals surface area contributed by atoms with Crippen molar-refractivity contribution in [1.29, 1.82) is 0 Å². The second-order valence-electron chi connectivity index (χ2n) is 4.39. The fourth-order valence-corrected chi connectivity index (χ4v) is 2.13. The summed E-state index contributed by atoms with van der Waals surface area (Å²) in [6.45, 7) is 2.15. The molecule has 108 valence electrons. The first-order chi connectivity index (χ1) is 10.2. The van der Waals surface area contributed by atoms with Crippen LogP contribution in [-0.2, 0) is 9.53 Å². The van der Waals surface area contributed by atoms with Crippen molar-refractivity contribution in [2.45, 2.75) is 12.8 Å². The molecule has 0 fully saturated rings. The first-order valence-electron chi connectivity index (χ1n) is 6.72. The van der Waals surface area contributed by atoms with Crippen LogP contribution in [0.3, 0.4) is 0 Å². The number of nitrogens with zero attached hydrogens (tertiary/aromatic N) is 1. The topological polar surface area (TPSA) is 38.7 Å². The number of carbonyl (C=O) groups is 1. The van der Waals surface area contributed by atoms with Gasteiger partial charge in [0.2, 0.25) is 0 Å². The van der Waals surface area contributed by atoms with Crippen LogP contribution >= 0.6 is 15.9 Å². The molecule has 1 atom stereocenters. The summed E-state index contributed by atoms with van der Waals surface area (Å²) in [6.07, 6.45) is 1.64. The Hall–Kier alpha value is -1.94. The molecule has 3 nitrogen and oxygen atoms in total. The number of hydrogen-bond acceptors (Lipinski definition) is 3. The van der Waals surface area contributed by atoms with Gasteiger partial charge in [-0.15, -0.1) is 0 Å². The highest BCUT2D eigenvalue weighted by Gasteiger charge is 2.19. The van der Waals surface area contributed by atoms with Gasteiger partial charge in [-0.05, 0) is 36.8 Å². The van der Waals surface area contributed by atoms with E-state index in [-0.39, 0.29) is 5.97 Å². The molecular weight excluding hydrogens is 330 g/mol. The van der Waals surface area contributed by atoms with Gasteiger partial charge < -0.3 is 4.74 Å². The zero-order chi connectivity index (χ0) is 15.1. The van der Waals surface area contributed by atoms with E-state index in [1.165, 1.54) is 0 Å². The van der Waals surface area contributed by atoms with Crippen molar-refractivity contribution in [3.05, 3.63) is 64.6 Å². The first-order valence-corrected chi connectivity index (χ1v) is 7.51. The second kappa shape index (κ2) is 7.74. The van der Waals surface area contributed by atoms with Crippen LogP contribution in [0.25, 0.3) is 0 Å². The molecule has 21 heavy (non-hydrogen) atoms. The maximum Gasteiger partial charge on any atom is 0.318 e. The highest BCUT2D eigenvalue weighted by Crippen LogP contribution is 2.20. The molecule has 1 unspecified atom stereocenters. The van der Waals surface area contributed by atoms with Crippen LogP contribution in [0.4, 0.5) is 5.69 Å². The molecule has 0 amide bonds. The highest BCUT2D eigenvalue weighted by atomic mass is 79.9. The van der Waals surface area contributed by atoms with E-state index in [1.807, 2.05) is 54.6 Å². The van der Waals surface area contributed by atoms with Gasteiger partial charge in [0, 0.05) is 10.7 Å². The number of ether oxygens (including phenoxy) is 1. The fraction of sp³-hybridized carbons (Fsp3) is 0.176. The Kier molecular flexibility index (Phi) is 5.69. The average Bonchev–Trinajstić information content (AvgIpc) is 2.51. The van der Waals surface area contributed by atoms with Crippen molar-refractivity contribution < 1.29 is 9.53 Å². The van der Waals surface area contributed by atoms with E-state index in [9.17, 15) is 4.79 Å². The predicted molar refractivity (Wildman–Crippen MR) is 88.1 cm³/mol. The van der Waals surface area contributed by atoms with Gasteiger partial charge in [0.15, 0.2) is 0 Å². The number of benzene rings is 2. The number of aliphatic imine (C=N–C) groups is 1. The van der Waals surface area contributed by atoms with E-state index in [2.05, 4.69) is 20.9 Å². The van der Waals surface area contributed by atoms with E-state index < -0.39 is 5.92 Å². The van der Waals surface area contributed by atoms with Gasteiger partial charge in [-0.25, -0.2) is 0 Å². The summed E-state index contributed by atoms with van der Waals surface area (Å²) >= 11 is 3.38. The number of esters is 1. The molecule has 4 heteroatoms. The molecule has 2 aromatic carbocycles. The van der Waals surface area contributed by atoms with Gasteiger partial charge in [-0.3, -0.25) is 9.79 Å². The lowest BCUT2D eigenvalue weighted by atomic mass is 10.0. The molecule has 0 spiro atoms. The average molecular weight is 346 g/mol. The van der Waals surface area contributed by atoms with Crippen molar-refractivity contribution in [3.8, 4) is 0 Å². The van der Waals surface area contributed by atoms with Crippen LogP contribution in [0.15, 0.2) is 64.1 Å². The molecular formula is C17H16BrNO2. The summed E-state index contributed by atoms with van der Waals surface area (Å²) in [5.74, 6) is -0.778. The molecule has 0 bridgehead atoms. The van der Waals surface area contributed by atoms with Crippen LogP contribution < -0.4 is 0 Å². The number of hydrogen-bond donors (Lipinski definition) is 0. The van der Waals surface area contributed by atoms with Gasteiger partial charge in [-0.1, -0.05) is 46.3 Å². The summed E-state index contributed by atoms with van der Waals surface area (Å²) in [5, 5.41) is 0. The van der Waals surface area contributed by atoms with Crippen molar-refractivity contribution in [2.75, 3.05) is 6.61 Å². The Bertz CT molecular complexity index is 608. The molecule has 0 aromatic heterocycles. The predicted octanol–water partition coefficient (Wildman–Crippen LogP) is 4.50. The Balaban J connectivity index is 2.23. The molecule has 0 aliphatic heterocycles. The van der Waals surface area contributed by atoms with Crippen LogP contribution in [0.1, 0.15) is 18.4 Å². The van der Waals surface area contributed by atoms with Gasteiger partial charge >= 0.3 is 5.97 Å². The molecule has 0 heterocycles. The van der Waals surface area contributed by atoms with E-state index in [0.717, 1.165) is 15.7 Å². The van der Waals surface area contributed by atoms with E-state index in [4.69, 9.17) is 4.74 Å². The van der Waals surface area contributed by atoms with Gasteiger partial charge in [-0.2, -0.15) is 0 Å². The highest BCUT2D eigenvalue weighted by molar-refractivity contribution is 9.10. The summed E-state index contributed by atoms with van der Waals surface area (Å²) < 4.78 is 6.12. The molecule has 2 aromatic rings. The molecule has 0 saturated heterocycles. The maximum atomic E-state index is 12.1. The van der Waals surface area contributed by atoms with Crippen LogP contribution in [0.5, 0.6) is 0 Å². The van der Waals surface area contributed by atoms with E-state index in [0.29, 0.717) is 6.61 Å². The Labute approximate surface area is 132 Å². The standard InChI is InChI=1S/C17H16BrNO2/c1-2-21-17(20)16(13-6-4-3-5-7-13)12-19-15-10-8-14(18)9-11-15/h3-12,16H,2H2,1H3/b19-12-. The molecule has 0 radical (unpaired) electrons. The minimum atomic E-state index is -0.491. The first kappa shape index (κ1) is 15.4. The molecule has 2 rings (SSSR count). The summed E-state index contributed by atoms with van der Waals surface area (Å²) in [5.41, 5.74) is 1.67. The Morgan fingerprint density at radius 2 is 1.86 bits per heavy atom. The van der Waals surface area contributed by atoms with Crippen LogP contribution in [-0.4, -0.2) is 18.8 Å². The van der Waals surface area contributed by atoms with Crippen molar-refractivity contribution in [3.63, 3.8) is 0 Å². The zero-order valence-corrected chi connectivity index (χ0v) is 13.3. The van der Waals surface area contributed by atoms with Crippen LogP contribution in [0.2, 0.25) is 0 Å². The molecule has 0 saturated carbocycles. The maximum absolute atomic E-state index is 12.1. The molecule has 0 aliphatic rings. The van der Waals surface area contributed by atoms with Crippen molar-refractivity contribution >= 4 is 33.8 Å². The SMILES string of the molecule is CCOC(=O)C(/C=N\c1ccc(Br)cc1)c1ccccc1. The summed E-state index contributed by atoms with van der Waals surface area (Å²) in [7, 11) is 0. The molecule has 0 aliphatic carbocycles. The Morgan fingerprint density at radius 1 is 1.19 bits per heavy atom. The normalized spacial score (nSPS) is 12.3. The lowest BCUT2D eigenvalue weighted by Gasteiger charge is -2.11. The summed E-state index contributed by atoms with van der Waals surface area (Å²) in [4.78, 5) is 16.5. The van der Waals surface area contributed by atoms with Gasteiger partial charge in [0.1, 0.15) is 5.92 Å². The zero-order valence-electron chi connectivity index (χ0n) is 11.7. The second-order valence-corrected chi connectivity index (χ2v) is 5.31. The van der Waals surface area contributed by atoms with Crippen LogP contribution in [0, 0.1) is 0 Å².